The first kappa shape index (κ1) is 15.3. The lowest BCUT2D eigenvalue weighted by molar-refractivity contribution is 0.747. The van der Waals surface area contributed by atoms with Gasteiger partial charge < -0.3 is 0 Å². The third kappa shape index (κ3) is 3.33. The average molecular weight is 307 g/mol. The molecule has 1 aromatic heterocycles. The Bertz CT molecular complexity index is 639. The lowest BCUT2D eigenvalue weighted by Crippen LogP contribution is -2.01. The highest BCUT2D eigenvalue weighted by molar-refractivity contribution is 7.99. The first-order valence-corrected chi connectivity index (χ1v) is 7.87. The van der Waals surface area contributed by atoms with E-state index < -0.39 is 0 Å². The van der Waals surface area contributed by atoms with Crippen LogP contribution < -0.4 is 0 Å². The molecule has 0 saturated carbocycles. The van der Waals surface area contributed by atoms with Gasteiger partial charge >= 0.3 is 0 Å². The normalized spacial score (nSPS) is 11.2. The second-order valence-corrected chi connectivity index (χ2v) is 6.72. The van der Waals surface area contributed by atoms with Crippen molar-refractivity contribution in [3.05, 3.63) is 45.9 Å². The number of hydrogen-bond acceptors (Lipinski definition) is 3. The Kier molecular flexibility index (Phi) is 4.71. The highest BCUT2D eigenvalue weighted by Crippen LogP contribution is 2.34. The minimum atomic E-state index is 0.270. The standard InChI is InChI=1S/C16H19ClN2S/c1-9(2)15-18-14(17)12(5)16(19-15)20-13-7-6-10(3)8-11(13)4/h6-9H,1-5H3. The number of benzene rings is 1. The van der Waals surface area contributed by atoms with E-state index in [4.69, 9.17) is 11.6 Å². The first-order chi connectivity index (χ1) is 9.38. The largest absolute Gasteiger partial charge is 0.226 e. The van der Waals surface area contributed by atoms with Crippen molar-refractivity contribution in [3.63, 3.8) is 0 Å². The van der Waals surface area contributed by atoms with Gasteiger partial charge in [-0.2, -0.15) is 0 Å². The van der Waals surface area contributed by atoms with Crippen LogP contribution in [0.15, 0.2) is 28.1 Å². The zero-order valence-electron chi connectivity index (χ0n) is 12.5. The summed E-state index contributed by atoms with van der Waals surface area (Å²) in [6.45, 7) is 10.3. The van der Waals surface area contributed by atoms with Crippen molar-refractivity contribution in [2.45, 2.75) is 50.5 Å². The Morgan fingerprint density at radius 3 is 2.40 bits per heavy atom. The van der Waals surface area contributed by atoms with Crippen LogP contribution in [0.3, 0.4) is 0 Å². The summed E-state index contributed by atoms with van der Waals surface area (Å²) in [7, 11) is 0. The fourth-order valence-corrected chi connectivity index (χ4v) is 3.05. The van der Waals surface area contributed by atoms with E-state index in [1.807, 2.05) is 6.92 Å². The maximum atomic E-state index is 6.23. The van der Waals surface area contributed by atoms with Crippen molar-refractivity contribution < 1.29 is 0 Å². The Hall–Kier alpha value is -1.06. The number of nitrogens with zero attached hydrogens (tertiary/aromatic N) is 2. The minimum absolute atomic E-state index is 0.270. The summed E-state index contributed by atoms with van der Waals surface area (Å²) in [5, 5.41) is 1.50. The van der Waals surface area contributed by atoms with E-state index in [0.717, 1.165) is 16.4 Å². The van der Waals surface area contributed by atoms with Gasteiger partial charge in [-0.15, -0.1) is 0 Å². The van der Waals surface area contributed by atoms with Crippen molar-refractivity contribution >= 4 is 23.4 Å². The van der Waals surface area contributed by atoms with E-state index >= 15 is 0 Å². The third-order valence-corrected chi connectivity index (χ3v) is 4.75. The van der Waals surface area contributed by atoms with Gasteiger partial charge in [0.15, 0.2) is 0 Å². The van der Waals surface area contributed by atoms with Crippen LogP contribution in [0.4, 0.5) is 0 Å². The van der Waals surface area contributed by atoms with Crippen molar-refractivity contribution in [1.82, 2.24) is 9.97 Å². The van der Waals surface area contributed by atoms with Gasteiger partial charge in [0.05, 0.1) is 0 Å². The predicted octanol–water partition coefficient (Wildman–Crippen LogP) is 5.33. The summed E-state index contributed by atoms with van der Waals surface area (Å²) in [5.74, 6) is 1.07. The molecule has 0 aliphatic carbocycles. The molecule has 2 rings (SSSR count). The monoisotopic (exact) mass is 306 g/mol. The maximum Gasteiger partial charge on any atom is 0.136 e. The molecule has 2 nitrogen and oxygen atoms in total. The van der Waals surface area contributed by atoms with E-state index in [2.05, 4.69) is 55.9 Å². The fraction of sp³-hybridized carbons (Fsp3) is 0.375. The van der Waals surface area contributed by atoms with E-state index in [1.165, 1.54) is 16.0 Å². The van der Waals surface area contributed by atoms with Crippen LogP contribution in [0.1, 0.15) is 42.3 Å². The average Bonchev–Trinajstić information content (AvgIpc) is 2.37. The van der Waals surface area contributed by atoms with Gasteiger partial charge in [0.25, 0.3) is 0 Å². The Morgan fingerprint density at radius 2 is 1.80 bits per heavy atom. The second-order valence-electron chi connectivity index (χ2n) is 5.33. The van der Waals surface area contributed by atoms with Crippen molar-refractivity contribution in [3.8, 4) is 0 Å². The molecule has 2 aromatic rings. The van der Waals surface area contributed by atoms with Crippen LogP contribution in [0, 0.1) is 20.8 Å². The summed E-state index contributed by atoms with van der Waals surface area (Å²) >= 11 is 7.89. The molecule has 0 aliphatic rings. The molecule has 1 aromatic carbocycles. The minimum Gasteiger partial charge on any atom is -0.226 e. The van der Waals surface area contributed by atoms with E-state index in [9.17, 15) is 0 Å². The molecule has 0 radical (unpaired) electrons. The molecule has 0 N–H and O–H groups in total. The topological polar surface area (TPSA) is 25.8 Å². The Labute approximate surface area is 130 Å². The molecule has 0 amide bonds. The SMILES string of the molecule is Cc1ccc(Sc2nc(C(C)C)nc(Cl)c2C)c(C)c1. The lowest BCUT2D eigenvalue weighted by Gasteiger charge is -2.12. The van der Waals surface area contributed by atoms with Gasteiger partial charge in [0, 0.05) is 16.4 Å². The van der Waals surface area contributed by atoms with E-state index in [0.29, 0.717) is 5.15 Å². The van der Waals surface area contributed by atoms with Gasteiger partial charge in [0.1, 0.15) is 16.0 Å². The molecule has 1 heterocycles. The zero-order chi connectivity index (χ0) is 14.9. The fourth-order valence-electron chi connectivity index (χ4n) is 1.86. The van der Waals surface area contributed by atoms with Crippen LogP contribution in [0.5, 0.6) is 0 Å². The number of aromatic nitrogens is 2. The van der Waals surface area contributed by atoms with Gasteiger partial charge in [-0.1, -0.05) is 54.9 Å². The summed E-state index contributed by atoms with van der Waals surface area (Å²) in [6.07, 6.45) is 0. The van der Waals surface area contributed by atoms with Crippen LogP contribution in [0.2, 0.25) is 5.15 Å². The smallest absolute Gasteiger partial charge is 0.136 e. The number of hydrogen-bond donors (Lipinski definition) is 0. The molecule has 0 saturated heterocycles. The molecule has 0 spiro atoms. The molecular weight excluding hydrogens is 288 g/mol. The molecule has 0 bridgehead atoms. The molecule has 0 aliphatic heterocycles. The maximum absolute atomic E-state index is 6.23. The number of rotatable bonds is 3. The van der Waals surface area contributed by atoms with Crippen LogP contribution in [0.25, 0.3) is 0 Å². The van der Waals surface area contributed by atoms with Gasteiger partial charge in [-0.05, 0) is 32.4 Å². The molecule has 4 heteroatoms. The summed E-state index contributed by atoms with van der Waals surface area (Å²) in [6, 6.07) is 6.44. The van der Waals surface area contributed by atoms with Crippen molar-refractivity contribution in [1.29, 1.82) is 0 Å². The summed E-state index contributed by atoms with van der Waals surface area (Å²) in [4.78, 5) is 10.2. The first-order valence-electron chi connectivity index (χ1n) is 6.67. The summed E-state index contributed by atoms with van der Waals surface area (Å²) in [5.41, 5.74) is 3.48. The van der Waals surface area contributed by atoms with Crippen LogP contribution in [-0.4, -0.2) is 9.97 Å². The Morgan fingerprint density at radius 1 is 1.10 bits per heavy atom. The highest BCUT2D eigenvalue weighted by Gasteiger charge is 2.13. The van der Waals surface area contributed by atoms with Crippen LogP contribution >= 0.6 is 23.4 Å². The molecule has 20 heavy (non-hydrogen) atoms. The van der Waals surface area contributed by atoms with E-state index in [1.54, 1.807) is 11.8 Å². The van der Waals surface area contributed by atoms with Crippen molar-refractivity contribution in [2.75, 3.05) is 0 Å². The Balaban J connectivity index is 2.42. The number of halogens is 1. The third-order valence-electron chi connectivity index (χ3n) is 3.11. The molecule has 0 fully saturated rings. The molecular formula is C16H19ClN2S. The molecule has 106 valence electrons. The lowest BCUT2D eigenvalue weighted by atomic mass is 10.2. The number of aryl methyl sites for hydroxylation is 2. The molecule has 0 atom stereocenters. The van der Waals surface area contributed by atoms with Gasteiger partial charge in [-0.25, -0.2) is 9.97 Å². The predicted molar refractivity (Wildman–Crippen MR) is 85.9 cm³/mol. The molecule has 0 unspecified atom stereocenters. The van der Waals surface area contributed by atoms with Gasteiger partial charge in [-0.3, -0.25) is 0 Å². The van der Waals surface area contributed by atoms with E-state index in [-0.39, 0.29) is 5.92 Å². The van der Waals surface area contributed by atoms with Crippen molar-refractivity contribution in [2.24, 2.45) is 0 Å². The van der Waals surface area contributed by atoms with Crippen LogP contribution in [-0.2, 0) is 0 Å². The zero-order valence-corrected chi connectivity index (χ0v) is 14.1. The quantitative estimate of drug-likeness (QED) is 0.717. The van der Waals surface area contributed by atoms with Gasteiger partial charge in [0.2, 0.25) is 0 Å². The second kappa shape index (κ2) is 6.15. The summed E-state index contributed by atoms with van der Waals surface area (Å²) < 4.78 is 0. The highest BCUT2D eigenvalue weighted by atomic mass is 35.5.